The first-order valence-electron chi connectivity index (χ1n) is 10.7. The van der Waals surface area contributed by atoms with Gasteiger partial charge in [-0.15, -0.1) is 0 Å². The van der Waals surface area contributed by atoms with Gasteiger partial charge in [0.25, 0.3) is 5.91 Å². The molecule has 0 radical (unpaired) electrons. The molecule has 1 saturated heterocycles. The van der Waals surface area contributed by atoms with Crippen LogP contribution in [0.25, 0.3) is 0 Å². The van der Waals surface area contributed by atoms with E-state index in [-0.39, 0.29) is 18.9 Å². The Morgan fingerprint density at radius 1 is 1.09 bits per heavy atom. The number of nitrogens with one attached hydrogen (secondary N) is 1. The van der Waals surface area contributed by atoms with Crippen molar-refractivity contribution in [1.29, 1.82) is 0 Å². The zero-order valence-corrected chi connectivity index (χ0v) is 19.3. The van der Waals surface area contributed by atoms with E-state index < -0.39 is 23.9 Å². The average molecular weight is 478 g/mol. The van der Waals surface area contributed by atoms with E-state index in [1.165, 1.54) is 4.90 Å². The number of amides is 4. The molecule has 2 heterocycles. The summed E-state index contributed by atoms with van der Waals surface area (Å²) in [7, 11) is 1.63. The highest BCUT2D eigenvalue weighted by molar-refractivity contribution is 6.30. The lowest BCUT2D eigenvalue weighted by atomic mass is 9.81. The number of halogens is 1. The first kappa shape index (κ1) is 23.3. The molecule has 0 aliphatic carbocycles. The van der Waals surface area contributed by atoms with Gasteiger partial charge in [-0.1, -0.05) is 41.9 Å². The molecule has 0 unspecified atom stereocenters. The van der Waals surface area contributed by atoms with Crippen molar-refractivity contribution in [1.82, 2.24) is 15.2 Å². The second-order valence-electron chi connectivity index (χ2n) is 8.07. The number of carbonyl (C=O) groups excluding carboxylic acids is 3. The minimum atomic E-state index is -0.952. The predicted octanol–water partition coefficient (Wildman–Crippen LogP) is 3.26. The lowest BCUT2D eigenvalue weighted by molar-refractivity contribution is -0.156. The Morgan fingerprint density at radius 2 is 1.85 bits per heavy atom. The number of urea groups is 1. The van der Waals surface area contributed by atoms with Crippen molar-refractivity contribution in [3.8, 4) is 0 Å². The summed E-state index contributed by atoms with van der Waals surface area (Å²) in [5.41, 5.74) is 7.99. The van der Waals surface area contributed by atoms with Crippen LogP contribution in [0.5, 0.6) is 0 Å². The Bertz CT molecular complexity index is 1210. The molecule has 2 aromatic carbocycles. The largest absolute Gasteiger partial charge is 0.384 e. The van der Waals surface area contributed by atoms with Crippen molar-refractivity contribution >= 4 is 41.0 Å². The first-order valence-corrected chi connectivity index (χ1v) is 11.1. The number of carbonyl (C=O) groups is 3. The minimum absolute atomic E-state index is 0.171. The maximum absolute atomic E-state index is 13.5. The molecule has 174 valence electrons. The van der Waals surface area contributed by atoms with Gasteiger partial charge < -0.3 is 16.0 Å². The fraction of sp³-hybridized carbons (Fsp3) is 0.200. The average Bonchev–Trinajstić information content (AvgIpc) is 2.84. The van der Waals surface area contributed by atoms with Crippen molar-refractivity contribution in [3.63, 3.8) is 0 Å². The zero-order chi connectivity index (χ0) is 24.2. The predicted molar refractivity (Wildman–Crippen MR) is 130 cm³/mol. The van der Waals surface area contributed by atoms with E-state index in [9.17, 15) is 14.4 Å². The van der Waals surface area contributed by atoms with Crippen LogP contribution in [0.2, 0.25) is 5.02 Å². The van der Waals surface area contributed by atoms with Gasteiger partial charge >= 0.3 is 6.03 Å². The summed E-state index contributed by atoms with van der Waals surface area (Å²) >= 11 is 6.01. The SMILES string of the molecule is CN(C(=O)[C@@H]1[C@@H](Cc2ccnc(N)c2)C(=O)N1C(=O)NCc1cccc(Cl)c1)c1ccccc1. The van der Waals surface area contributed by atoms with Gasteiger partial charge in [0.05, 0.1) is 5.92 Å². The van der Waals surface area contributed by atoms with E-state index in [1.54, 1.807) is 55.7 Å². The molecule has 2 atom stereocenters. The maximum Gasteiger partial charge on any atom is 0.325 e. The molecule has 4 rings (SSSR count). The lowest BCUT2D eigenvalue weighted by Gasteiger charge is -2.45. The van der Waals surface area contributed by atoms with Crippen molar-refractivity contribution in [2.75, 3.05) is 17.7 Å². The Labute approximate surface area is 202 Å². The van der Waals surface area contributed by atoms with Crippen LogP contribution in [0.1, 0.15) is 11.1 Å². The summed E-state index contributed by atoms with van der Waals surface area (Å²) in [5.74, 6) is -1.14. The molecule has 3 aromatic rings. The lowest BCUT2D eigenvalue weighted by Crippen LogP contribution is -2.70. The van der Waals surface area contributed by atoms with E-state index >= 15 is 0 Å². The van der Waals surface area contributed by atoms with Gasteiger partial charge in [-0.2, -0.15) is 0 Å². The number of para-hydroxylation sites is 1. The maximum atomic E-state index is 13.5. The number of hydrogen-bond donors (Lipinski definition) is 2. The Hall–Kier alpha value is -3.91. The number of aromatic nitrogens is 1. The zero-order valence-electron chi connectivity index (χ0n) is 18.5. The van der Waals surface area contributed by atoms with Gasteiger partial charge in [-0.05, 0) is 53.9 Å². The number of anilines is 2. The Morgan fingerprint density at radius 3 is 2.56 bits per heavy atom. The van der Waals surface area contributed by atoms with Crippen LogP contribution in [-0.2, 0) is 22.6 Å². The van der Waals surface area contributed by atoms with Crippen molar-refractivity contribution in [2.24, 2.45) is 5.92 Å². The Kier molecular flexibility index (Phi) is 6.79. The van der Waals surface area contributed by atoms with Gasteiger partial charge in [0.1, 0.15) is 11.9 Å². The van der Waals surface area contributed by atoms with E-state index in [0.29, 0.717) is 16.5 Å². The second-order valence-corrected chi connectivity index (χ2v) is 8.51. The third kappa shape index (κ3) is 4.87. The fourth-order valence-electron chi connectivity index (χ4n) is 4.02. The van der Waals surface area contributed by atoms with Crippen molar-refractivity contribution < 1.29 is 14.4 Å². The van der Waals surface area contributed by atoms with Gasteiger partial charge in [0.2, 0.25) is 5.91 Å². The highest BCUT2D eigenvalue weighted by Crippen LogP contribution is 2.33. The molecule has 0 saturated carbocycles. The molecule has 0 spiro atoms. The molecule has 1 fully saturated rings. The minimum Gasteiger partial charge on any atom is -0.384 e. The number of nitrogen functional groups attached to an aromatic ring is 1. The number of nitrogens with zero attached hydrogens (tertiary/aromatic N) is 3. The molecular weight excluding hydrogens is 454 g/mol. The molecule has 3 N–H and O–H groups in total. The van der Waals surface area contributed by atoms with E-state index in [0.717, 1.165) is 16.0 Å². The first-order chi connectivity index (χ1) is 16.3. The number of pyridine rings is 1. The number of hydrogen-bond acceptors (Lipinski definition) is 5. The molecule has 9 heteroatoms. The summed E-state index contributed by atoms with van der Waals surface area (Å²) in [4.78, 5) is 45.9. The number of rotatable bonds is 6. The molecule has 4 amide bonds. The molecule has 1 aliphatic rings. The highest BCUT2D eigenvalue weighted by atomic mass is 35.5. The quantitative estimate of drug-likeness (QED) is 0.530. The summed E-state index contributed by atoms with van der Waals surface area (Å²) < 4.78 is 0. The van der Waals surface area contributed by atoms with Crippen LogP contribution in [-0.4, -0.2) is 40.8 Å². The smallest absolute Gasteiger partial charge is 0.325 e. The number of β-lactam (4-membered cyclic amide) rings is 1. The molecule has 1 aromatic heterocycles. The Balaban J connectivity index is 1.55. The molecule has 1 aliphatic heterocycles. The van der Waals surface area contributed by atoms with Gasteiger partial charge in [0.15, 0.2) is 0 Å². The van der Waals surface area contributed by atoms with Crippen LogP contribution in [0.4, 0.5) is 16.3 Å². The normalized spacial score (nSPS) is 17.1. The van der Waals surface area contributed by atoms with Crippen LogP contribution in [0.15, 0.2) is 72.9 Å². The highest BCUT2D eigenvalue weighted by Gasteiger charge is 2.55. The van der Waals surface area contributed by atoms with Crippen LogP contribution >= 0.6 is 11.6 Å². The van der Waals surface area contributed by atoms with E-state index in [4.69, 9.17) is 17.3 Å². The number of imide groups is 1. The number of likely N-dealkylation sites (N-methyl/N-ethyl adjacent to an activating group) is 1. The third-order valence-corrected chi connectivity index (χ3v) is 6.03. The molecule has 0 bridgehead atoms. The number of benzene rings is 2. The second kappa shape index (κ2) is 9.93. The summed E-state index contributed by atoms with van der Waals surface area (Å²) in [6.07, 6.45) is 1.82. The molecule has 34 heavy (non-hydrogen) atoms. The van der Waals surface area contributed by atoms with Gasteiger partial charge in [-0.25, -0.2) is 9.78 Å². The summed E-state index contributed by atoms with van der Waals surface area (Å²) in [5, 5.41) is 3.26. The summed E-state index contributed by atoms with van der Waals surface area (Å²) in [6, 6.07) is 17.9. The molecule has 8 nitrogen and oxygen atoms in total. The monoisotopic (exact) mass is 477 g/mol. The topological polar surface area (TPSA) is 109 Å². The van der Waals surface area contributed by atoms with Gasteiger partial charge in [-0.3, -0.25) is 14.5 Å². The third-order valence-electron chi connectivity index (χ3n) is 5.79. The summed E-state index contributed by atoms with van der Waals surface area (Å²) in [6.45, 7) is 0.171. The van der Waals surface area contributed by atoms with E-state index in [1.807, 2.05) is 24.3 Å². The van der Waals surface area contributed by atoms with Crippen LogP contribution in [0.3, 0.4) is 0 Å². The van der Waals surface area contributed by atoms with E-state index in [2.05, 4.69) is 10.3 Å². The number of nitrogens with two attached hydrogens (primary N) is 1. The van der Waals surface area contributed by atoms with Crippen molar-refractivity contribution in [3.05, 3.63) is 89.1 Å². The molecular formula is C25H24ClN5O3. The van der Waals surface area contributed by atoms with Crippen LogP contribution in [0, 0.1) is 5.92 Å². The van der Waals surface area contributed by atoms with Crippen LogP contribution < -0.4 is 16.0 Å². The fourth-order valence-corrected chi connectivity index (χ4v) is 4.23. The van der Waals surface area contributed by atoms with Crippen molar-refractivity contribution in [2.45, 2.75) is 19.0 Å². The standard InChI is InChI=1S/C25H24ClN5O3/c1-30(19-8-3-2-4-9-19)24(33)22-20(13-16-10-11-28-21(27)14-16)23(32)31(22)25(34)29-15-17-6-5-7-18(26)12-17/h2-12,14,20,22H,13,15H2,1H3,(H2,27,28)(H,29,34)/t20-,22+/m1/s1. The number of likely N-dealkylation sites (tertiary alicyclic amines) is 1. The van der Waals surface area contributed by atoms with Gasteiger partial charge in [0, 0.05) is 30.5 Å².